The van der Waals surface area contributed by atoms with Crippen molar-refractivity contribution in [3.63, 3.8) is 0 Å². The van der Waals surface area contributed by atoms with Gasteiger partial charge in [0, 0.05) is 165 Å². The van der Waals surface area contributed by atoms with E-state index in [4.69, 9.17) is 13.7 Å². The average molecular weight is 486 g/mol. The van der Waals surface area contributed by atoms with Crippen LogP contribution in [-0.4, -0.2) is 193 Å². The maximum Gasteiger partial charge on any atom is 0.295 e. The summed E-state index contributed by atoms with van der Waals surface area (Å²) in [4.78, 5) is -2.66. The monoisotopic (exact) mass is 485 g/mol. The molecule has 0 fully saturated rings. The fraction of sp³-hybridized carbons (Fsp3) is 0. The molecule has 0 bridgehead atoms. The molecule has 2 rings (SSSR count). The Hall–Kier alpha value is 3.34. The molecule has 0 unspecified atom stereocenters. The van der Waals surface area contributed by atoms with Crippen molar-refractivity contribution in [3.05, 3.63) is 30.3 Å². The van der Waals surface area contributed by atoms with Crippen molar-refractivity contribution < 1.29 is 38.9 Å². The van der Waals surface area contributed by atoms with Gasteiger partial charge in [-0.25, -0.2) is 0 Å². The van der Waals surface area contributed by atoms with Gasteiger partial charge < -0.3 is 0 Å². The molecule has 0 amide bonds. The van der Waals surface area contributed by atoms with Crippen molar-refractivity contribution in [2.45, 2.75) is 14.7 Å². The second kappa shape index (κ2) is 11.1. The molecular formula is C10H8K3O9S3. The summed E-state index contributed by atoms with van der Waals surface area (Å²) in [6.07, 6.45) is 0. The van der Waals surface area contributed by atoms with Crippen LogP contribution in [0, 0.1) is 0 Å². The molecule has 0 aliphatic rings. The Balaban J connectivity index is 0. The fourth-order valence-electron chi connectivity index (χ4n) is 1.89. The van der Waals surface area contributed by atoms with Gasteiger partial charge >= 0.3 is 0 Å². The Morgan fingerprint density at radius 1 is 0.600 bits per heavy atom. The quantitative estimate of drug-likeness (QED) is 0.382. The van der Waals surface area contributed by atoms with Crippen molar-refractivity contribution in [3.8, 4) is 0 Å². The Bertz CT molecular complexity index is 1090. The minimum atomic E-state index is -4.93. The van der Waals surface area contributed by atoms with Crippen LogP contribution < -0.4 is 0 Å². The van der Waals surface area contributed by atoms with Gasteiger partial charge in [-0.05, 0) is 18.2 Å². The molecule has 3 radical (unpaired) electrons. The van der Waals surface area contributed by atoms with E-state index in [-0.39, 0.29) is 160 Å². The second-order valence-electron chi connectivity index (χ2n) is 4.20. The van der Waals surface area contributed by atoms with Crippen LogP contribution in [0.25, 0.3) is 10.8 Å². The molecule has 0 heterocycles. The molecule has 25 heavy (non-hydrogen) atoms. The first-order chi connectivity index (χ1) is 9.82. The van der Waals surface area contributed by atoms with Gasteiger partial charge in [0.1, 0.15) is 9.79 Å². The van der Waals surface area contributed by atoms with E-state index in [0.29, 0.717) is 12.1 Å². The predicted octanol–water partition coefficient (Wildman–Crippen LogP) is -0.562. The summed E-state index contributed by atoms with van der Waals surface area (Å²) in [5, 5.41) is -0.835. The molecule has 2 aromatic carbocycles. The predicted molar refractivity (Wildman–Crippen MR) is 90.7 cm³/mol. The minimum Gasteiger partial charge on any atom is -0.282 e. The summed E-state index contributed by atoms with van der Waals surface area (Å²) in [5.74, 6) is 0. The largest absolute Gasteiger partial charge is 0.295 e. The number of rotatable bonds is 3. The van der Waals surface area contributed by atoms with Crippen LogP contribution in [0.5, 0.6) is 0 Å². The Kier molecular flexibility index (Phi) is 13.6. The molecule has 0 saturated carbocycles. The van der Waals surface area contributed by atoms with Crippen LogP contribution in [0.1, 0.15) is 0 Å². The van der Waals surface area contributed by atoms with E-state index in [1.807, 2.05) is 0 Å². The van der Waals surface area contributed by atoms with Crippen LogP contribution in [0.4, 0.5) is 0 Å². The van der Waals surface area contributed by atoms with E-state index in [1.54, 1.807) is 0 Å². The summed E-state index contributed by atoms with van der Waals surface area (Å²) in [5.41, 5.74) is 0. The zero-order valence-corrected chi connectivity index (χ0v) is 25.2. The number of fused-ring (bicyclic) bond motifs is 1. The molecule has 9 nitrogen and oxygen atoms in total. The summed E-state index contributed by atoms with van der Waals surface area (Å²) in [7, 11) is -14.6. The summed E-state index contributed by atoms with van der Waals surface area (Å²) in [6.45, 7) is 0. The van der Waals surface area contributed by atoms with Gasteiger partial charge in [-0.2, -0.15) is 25.3 Å². The molecule has 15 heteroatoms. The van der Waals surface area contributed by atoms with Gasteiger partial charge in [0.25, 0.3) is 30.4 Å². The zero-order valence-electron chi connectivity index (χ0n) is 13.4. The minimum absolute atomic E-state index is 0. The van der Waals surface area contributed by atoms with Gasteiger partial charge in [0.15, 0.2) is 0 Å². The molecule has 0 saturated heterocycles. The topological polar surface area (TPSA) is 163 Å². The third-order valence-corrected chi connectivity index (χ3v) is 5.38. The van der Waals surface area contributed by atoms with E-state index >= 15 is 0 Å². The van der Waals surface area contributed by atoms with Crippen molar-refractivity contribution >= 4 is 195 Å². The summed E-state index contributed by atoms with van der Waals surface area (Å²) >= 11 is 0. The van der Waals surface area contributed by atoms with E-state index in [0.717, 1.165) is 18.2 Å². The summed E-state index contributed by atoms with van der Waals surface area (Å²) < 4.78 is 95.0. The van der Waals surface area contributed by atoms with Crippen LogP contribution in [0.15, 0.2) is 45.0 Å². The third-order valence-electron chi connectivity index (χ3n) is 2.75. The van der Waals surface area contributed by atoms with E-state index in [1.165, 1.54) is 0 Å². The number of benzene rings is 2. The molecule has 0 aliphatic heterocycles. The average Bonchev–Trinajstić information content (AvgIpc) is 2.33. The molecular weight excluding hydrogens is 478 g/mol. The number of hydrogen-bond acceptors (Lipinski definition) is 6. The van der Waals surface area contributed by atoms with Crippen LogP contribution >= 0.6 is 0 Å². The maximum absolute atomic E-state index is 11.4. The molecule has 0 aromatic heterocycles. The van der Waals surface area contributed by atoms with Crippen LogP contribution in [0.3, 0.4) is 0 Å². The second-order valence-corrected chi connectivity index (χ2v) is 8.40. The first kappa shape index (κ1) is 30.5. The molecule has 0 aliphatic carbocycles. The fourth-order valence-corrected chi connectivity index (χ4v) is 3.92. The molecule has 3 N–H and O–H groups in total. The molecule has 0 atom stereocenters. The number of hydrogen-bond donors (Lipinski definition) is 3. The van der Waals surface area contributed by atoms with E-state index in [9.17, 15) is 25.3 Å². The molecule has 2 aromatic rings. The van der Waals surface area contributed by atoms with Gasteiger partial charge in [-0.15, -0.1) is 0 Å². The third kappa shape index (κ3) is 7.83. The molecule has 123 valence electrons. The van der Waals surface area contributed by atoms with Gasteiger partial charge in [-0.1, -0.05) is 12.1 Å². The van der Waals surface area contributed by atoms with Gasteiger partial charge in [0.2, 0.25) is 0 Å². The van der Waals surface area contributed by atoms with Gasteiger partial charge in [-0.3, -0.25) is 13.7 Å². The van der Waals surface area contributed by atoms with Gasteiger partial charge in [0.05, 0.1) is 4.90 Å². The van der Waals surface area contributed by atoms with Crippen molar-refractivity contribution in [2.24, 2.45) is 0 Å². The first-order valence-electron chi connectivity index (χ1n) is 5.31. The van der Waals surface area contributed by atoms with Crippen LogP contribution in [-0.2, 0) is 30.4 Å². The van der Waals surface area contributed by atoms with Crippen molar-refractivity contribution in [1.29, 1.82) is 0 Å². The van der Waals surface area contributed by atoms with E-state index < -0.39 is 50.4 Å². The Labute approximate surface area is 272 Å². The first-order valence-corrected chi connectivity index (χ1v) is 9.63. The Morgan fingerprint density at radius 2 is 1.08 bits per heavy atom. The Morgan fingerprint density at radius 3 is 1.48 bits per heavy atom. The maximum atomic E-state index is 11.4. The van der Waals surface area contributed by atoms with Crippen molar-refractivity contribution in [1.82, 2.24) is 0 Å². The molecule has 0 spiro atoms. The smallest absolute Gasteiger partial charge is 0.282 e. The van der Waals surface area contributed by atoms with Crippen LogP contribution in [0.2, 0.25) is 0 Å². The normalized spacial score (nSPS) is 11.8. The summed E-state index contributed by atoms with van der Waals surface area (Å²) in [6, 6.07) is 4.23. The SMILES string of the molecule is O=S(=O)(O)c1cc(S(=O)(=O)O)c2cccc(S(=O)(=O)O)c2c1.[K].[K].[K]. The zero-order chi connectivity index (χ0) is 16.9. The van der Waals surface area contributed by atoms with Crippen molar-refractivity contribution in [2.75, 3.05) is 0 Å². The standard InChI is InChI=1S/C10H8O9S3.3K/c11-20(12,13)6-4-8-7(10(5-6)22(17,18)19)2-1-3-9(8)21(14,15)16;;;/h1-5H,(H,11,12,13)(H,14,15,16)(H,17,18,19);;;. The van der Waals surface area contributed by atoms with E-state index in [2.05, 4.69) is 0 Å².